The summed E-state index contributed by atoms with van der Waals surface area (Å²) in [5.74, 6) is 2.60. The summed E-state index contributed by atoms with van der Waals surface area (Å²) in [5, 5.41) is 3.62. The number of ether oxygens (including phenoxy) is 2. The predicted octanol–water partition coefficient (Wildman–Crippen LogP) is 3.93. The van der Waals surface area contributed by atoms with Crippen molar-refractivity contribution in [3.63, 3.8) is 0 Å². The second-order valence-electron chi connectivity index (χ2n) is 5.64. The van der Waals surface area contributed by atoms with E-state index in [0.29, 0.717) is 6.04 Å². The van der Waals surface area contributed by atoms with Gasteiger partial charge >= 0.3 is 0 Å². The first kappa shape index (κ1) is 15.2. The Morgan fingerprint density at radius 3 is 2.20 bits per heavy atom. The van der Waals surface area contributed by atoms with E-state index in [1.165, 1.54) is 37.7 Å². The number of methoxy groups -OCH3 is 2. The summed E-state index contributed by atoms with van der Waals surface area (Å²) < 4.78 is 10.8. The molecular formula is C17H27NO2. The fraction of sp³-hybridized carbons (Fsp3) is 0.647. The zero-order valence-electron chi connectivity index (χ0n) is 12.9. The lowest BCUT2D eigenvalue weighted by atomic mass is 9.93. The minimum Gasteiger partial charge on any atom is -0.497 e. The van der Waals surface area contributed by atoms with Gasteiger partial charge in [-0.2, -0.15) is 0 Å². The van der Waals surface area contributed by atoms with Gasteiger partial charge in [-0.1, -0.05) is 32.6 Å². The van der Waals surface area contributed by atoms with Crippen LogP contribution < -0.4 is 14.8 Å². The first-order chi connectivity index (χ1) is 9.76. The van der Waals surface area contributed by atoms with Crippen LogP contribution in [-0.2, 0) is 0 Å². The summed E-state index contributed by atoms with van der Waals surface area (Å²) in [7, 11) is 3.41. The minimum atomic E-state index is 0.395. The van der Waals surface area contributed by atoms with Crippen LogP contribution in [-0.4, -0.2) is 20.8 Å². The molecular weight excluding hydrogens is 250 g/mol. The van der Waals surface area contributed by atoms with E-state index in [4.69, 9.17) is 9.47 Å². The van der Waals surface area contributed by atoms with Crippen LogP contribution in [0.3, 0.4) is 0 Å². The Morgan fingerprint density at radius 2 is 1.70 bits per heavy atom. The molecule has 1 unspecified atom stereocenters. The van der Waals surface area contributed by atoms with E-state index in [9.17, 15) is 0 Å². The molecule has 0 bridgehead atoms. The van der Waals surface area contributed by atoms with Crippen molar-refractivity contribution in [2.75, 3.05) is 20.8 Å². The number of benzene rings is 1. The minimum absolute atomic E-state index is 0.395. The van der Waals surface area contributed by atoms with Crippen molar-refractivity contribution in [2.24, 2.45) is 5.92 Å². The molecule has 20 heavy (non-hydrogen) atoms. The first-order valence-corrected chi connectivity index (χ1v) is 7.73. The SMILES string of the molecule is CCNC(CC1CCCC1)c1cc(OC)cc(OC)c1. The van der Waals surface area contributed by atoms with Crippen molar-refractivity contribution in [1.29, 1.82) is 0 Å². The van der Waals surface area contributed by atoms with Crippen LogP contribution in [0.25, 0.3) is 0 Å². The summed E-state index contributed by atoms with van der Waals surface area (Å²) >= 11 is 0. The molecule has 1 aliphatic rings. The fourth-order valence-electron chi connectivity index (χ4n) is 3.19. The monoisotopic (exact) mass is 277 g/mol. The molecule has 0 heterocycles. The van der Waals surface area contributed by atoms with E-state index in [0.717, 1.165) is 24.0 Å². The van der Waals surface area contributed by atoms with Gasteiger partial charge in [-0.3, -0.25) is 0 Å². The van der Waals surface area contributed by atoms with Crippen molar-refractivity contribution in [3.8, 4) is 11.5 Å². The lowest BCUT2D eigenvalue weighted by Crippen LogP contribution is -2.23. The molecule has 1 aromatic carbocycles. The van der Waals surface area contributed by atoms with E-state index in [1.807, 2.05) is 6.07 Å². The highest BCUT2D eigenvalue weighted by Crippen LogP contribution is 2.35. The van der Waals surface area contributed by atoms with Crippen LogP contribution in [0.15, 0.2) is 18.2 Å². The van der Waals surface area contributed by atoms with E-state index in [2.05, 4.69) is 24.4 Å². The Bertz CT molecular complexity index is 391. The smallest absolute Gasteiger partial charge is 0.122 e. The quantitative estimate of drug-likeness (QED) is 0.819. The first-order valence-electron chi connectivity index (χ1n) is 7.73. The van der Waals surface area contributed by atoms with E-state index < -0.39 is 0 Å². The van der Waals surface area contributed by atoms with Crippen LogP contribution in [0.2, 0.25) is 0 Å². The molecule has 3 heteroatoms. The summed E-state index contributed by atoms with van der Waals surface area (Å²) in [4.78, 5) is 0. The molecule has 1 N–H and O–H groups in total. The molecule has 3 nitrogen and oxygen atoms in total. The van der Waals surface area contributed by atoms with E-state index in [1.54, 1.807) is 14.2 Å². The number of nitrogens with one attached hydrogen (secondary N) is 1. The van der Waals surface area contributed by atoms with Gasteiger partial charge in [0.1, 0.15) is 11.5 Å². The van der Waals surface area contributed by atoms with Crippen LogP contribution in [0, 0.1) is 5.92 Å². The molecule has 1 atom stereocenters. The van der Waals surface area contributed by atoms with Gasteiger partial charge in [-0.25, -0.2) is 0 Å². The molecule has 2 rings (SSSR count). The molecule has 0 radical (unpaired) electrons. The predicted molar refractivity (Wildman–Crippen MR) is 82.5 cm³/mol. The highest BCUT2D eigenvalue weighted by molar-refractivity contribution is 5.39. The molecule has 1 aromatic rings. The maximum absolute atomic E-state index is 5.39. The maximum Gasteiger partial charge on any atom is 0.122 e. The molecule has 112 valence electrons. The summed E-state index contributed by atoms with van der Waals surface area (Å²) in [6.45, 7) is 3.15. The van der Waals surface area contributed by atoms with Crippen molar-refractivity contribution < 1.29 is 9.47 Å². The Labute approximate surface area is 122 Å². The van der Waals surface area contributed by atoms with Crippen LogP contribution in [0.4, 0.5) is 0 Å². The molecule has 0 amide bonds. The lowest BCUT2D eigenvalue weighted by molar-refractivity contribution is 0.380. The third-order valence-corrected chi connectivity index (χ3v) is 4.27. The van der Waals surface area contributed by atoms with Crippen molar-refractivity contribution in [1.82, 2.24) is 5.32 Å². The van der Waals surface area contributed by atoms with E-state index >= 15 is 0 Å². The standard InChI is InChI=1S/C17H27NO2/c1-4-18-17(9-13-7-5-6-8-13)14-10-15(19-2)12-16(11-14)20-3/h10-13,17-18H,4-9H2,1-3H3. The van der Waals surface area contributed by atoms with Gasteiger partial charge in [0, 0.05) is 12.1 Å². The third kappa shape index (κ3) is 3.89. The normalized spacial score (nSPS) is 17.1. The van der Waals surface area contributed by atoms with Crippen molar-refractivity contribution in [3.05, 3.63) is 23.8 Å². The van der Waals surface area contributed by atoms with Crippen molar-refractivity contribution in [2.45, 2.75) is 45.1 Å². The Morgan fingerprint density at radius 1 is 1.10 bits per heavy atom. The van der Waals surface area contributed by atoms with Crippen LogP contribution >= 0.6 is 0 Å². The third-order valence-electron chi connectivity index (χ3n) is 4.27. The second-order valence-corrected chi connectivity index (χ2v) is 5.64. The number of hydrogen-bond donors (Lipinski definition) is 1. The molecule has 1 aliphatic carbocycles. The zero-order chi connectivity index (χ0) is 14.4. The molecule has 0 aromatic heterocycles. The maximum atomic E-state index is 5.39. The molecule has 0 spiro atoms. The largest absolute Gasteiger partial charge is 0.497 e. The Hall–Kier alpha value is -1.22. The van der Waals surface area contributed by atoms with Crippen molar-refractivity contribution >= 4 is 0 Å². The van der Waals surface area contributed by atoms with Gasteiger partial charge in [0.25, 0.3) is 0 Å². The number of hydrogen-bond acceptors (Lipinski definition) is 3. The highest BCUT2D eigenvalue weighted by atomic mass is 16.5. The lowest BCUT2D eigenvalue weighted by Gasteiger charge is -2.23. The topological polar surface area (TPSA) is 30.5 Å². The van der Waals surface area contributed by atoms with Gasteiger partial charge in [0.05, 0.1) is 14.2 Å². The van der Waals surface area contributed by atoms with Gasteiger partial charge in [-0.15, -0.1) is 0 Å². The van der Waals surface area contributed by atoms with Gasteiger partial charge in [0.2, 0.25) is 0 Å². The van der Waals surface area contributed by atoms with E-state index in [-0.39, 0.29) is 0 Å². The molecule has 0 aliphatic heterocycles. The average Bonchev–Trinajstić information content (AvgIpc) is 2.99. The van der Waals surface area contributed by atoms with Gasteiger partial charge < -0.3 is 14.8 Å². The fourth-order valence-corrected chi connectivity index (χ4v) is 3.19. The van der Waals surface area contributed by atoms with Crippen LogP contribution in [0.5, 0.6) is 11.5 Å². The summed E-state index contributed by atoms with van der Waals surface area (Å²) in [5.41, 5.74) is 1.27. The van der Waals surface area contributed by atoms with Crippen LogP contribution in [0.1, 0.15) is 50.6 Å². The highest BCUT2D eigenvalue weighted by Gasteiger charge is 2.21. The summed E-state index contributed by atoms with van der Waals surface area (Å²) in [6.07, 6.45) is 6.76. The molecule has 1 saturated carbocycles. The van der Waals surface area contributed by atoms with Gasteiger partial charge in [0.15, 0.2) is 0 Å². The Balaban J connectivity index is 2.17. The molecule has 0 saturated heterocycles. The number of rotatable bonds is 7. The zero-order valence-corrected chi connectivity index (χ0v) is 12.9. The molecule has 1 fully saturated rings. The van der Waals surface area contributed by atoms with Gasteiger partial charge in [-0.05, 0) is 36.6 Å². The average molecular weight is 277 g/mol. The Kier molecular flexibility index (Phi) is 5.72. The summed E-state index contributed by atoms with van der Waals surface area (Å²) in [6, 6.07) is 6.59. The second kappa shape index (κ2) is 7.53.